The molecule has 2 aromatic rings. The van der Waals surface area contributed by atoms with Crippen molar-refractivity contribution in [2.24, 2.45) is 0 Å². The van der Waals surface area contributed by atoms with Crippen molar-refractivity contribution in [2.75, 3.05) is 60.7 Å². The Balaban J connectivity index is 2.34. The quantitative estimate of drug-likeness (QED) is 0.207. The van der Waals surface area contributed by atoms with Crippen LogP contribution < -0.4 is 20.3 Å². The largest absolute Gasteiger partial charge is 0.478 e. The lowest BCUT2D eigenvalue weighted by molar-refractivity contribution is 0.0698. The maximum atomic E-state index is 11.7. The van der Waals surface area contributed by atoms with E-state index in [1.165, 1.54) is 13.0 Å². The molecule has 32 heavy (non-hydrogen) atoms. The first-order valence-electron chi connectivity index (χ1n) is 9.83. The number of nitrogens with zero attached hydrogens (tertiary/aromatic N) is 4. The molecule has 1 heterocycles. The first kappa shape index (κ1) is 25.2. The average Bonchev–Trinajstić information content (AvgIpc) is 2.77. The van der Waals surface area contributed by atoms with Crippen LogP contribution in [0.3, 0.4) is 0 Å². The number of nitrogens with one attached hydrogen (secondary N) is 3. The summed E-state index contributed by atoms with van der Waals surface area (Å²) in [5, 5.41) is 33.6. The molecule has 0 bridgehead atoms. The van der Waals surface area contributed by atoms with Gasteiger partial charge in [0.2, 0.25) is 27.9 Å². The first-order valence-corrected chi connectivity index (χ1v) is 11.5. The van der Waals surface area contributed by atoms with Gasteiger partial charge in [0.15, 0.2) is 0 Å². The molecule has 0 fully saturated rings. The summed E-state index contributed by atoms with van der Waals surface area (Å²) in [6.45, 7) is 1.60. The van der Waals surface area contributed by atoms with Crippen LogP contribution >= 0.6 is 0 Å². The molecule has 1 aromatic heterocycles. The van der Waals surface area contributed by atoms with E-state index in [1.54, 1.807) is 23.1 Å². The molecule has 0 aliphatic carbocycles. The number of rotatable bonds is 14. The molecule has 0 unspecified atom stereocenters. The van der Waals surface area contributed by atoms with Crippen LogP contribution in [0.25, 0.3) is 0 Å². The Bertz CT molecular complexity index is 1010. The molecule has 2 rings (SSSR count). The van der Waals surface area contributed by atoms with Crippen LogP contribution in [0.4, 0.5) is 23.5 Å². The number of aliphatic hydroxyl groups excluding tert-OH is 2. The number of carboxylic acid groups (broad SMARTS) is 1. The van der Waals surface area contributed by atoms with E-state index in [0.29, 0.717) is 0 Å². The number of hydrogen-bond donors (Lipinski definition) is 6. The van der Waals surface area contributed by atoms with Crippen LogP contribution in [0.5, 0.6) is 0 Å². The van der Waals surface area contributed by atoms with Crippen LogP contribution in [0, 0.1) is 0 Å². The van der Waals surface area contributed by atoms with Crippen molar-refractivity contribution in [1.82, 2.24) is 19.7 Å². The zero-order valence-electron chi connectivity index (χ0n) is 17.5. The standard InChI is InChI=1S/C18H27N7O6S/c1-2-32(30,31)20-7-9-25(10-12-27)18-23-16(19-8-11-26)22-17(24-18)21-14-6-4-3-5-13(14)15(28)29/h3-6,20,26-27H,2,7-12H2,1H3,(H,28,29)(H2,19,21,22,23,24). The van der Waals surface area contributed by atoms with Gasteiger partial charge in [0.25, 0.3) is 0 Å². The molecule has 0 aliphatic heterocycles. The maximum absolute atomic E-state index is 11.7. The minimum atomic E-state index is -3.39. The number of hydrogen-bond acceptors (Lipinski definition) is 11. The predicted molar refractivity (Wildman–Crippen MR) is 119 cm³/mol. The molecule has 1 aromatic carbocycles. The van der Waals surface area contributed by atoms with Gasteiger partial charge in [-0.2, -0.15) is 15.0 Å². The number of carboxylic acids is 1. The highest BCUT2D eigenvalue weighted by Gasteiger charge is 2.16. The summed E-state index contributed by atoms with van der Waals surface area (Å²) in [5.41, 5.74) is 0.273. The van der Waals surface area contributed by atoms with Gasteiger partial charge >= 0.3 is 5.97 Å². The van der Waals surface area contributed by atoms with Crippen LogP contribution in [0.15, 0.2) is 24.3 Å². The Morgan fingerprint density at radius 1 is 1.03 bits per heavy atom. The molecule has 6 N–H and O–H groups in total. The lowest BCUT2D eigenvalue weighted by Crippen LogP contribution is -2.38. The van der Waals surface area contributed by atoms with E-state index in [-0.39, 0.29) is 74.2 Å². The molecule has 13 nitrogen and oxygen atoms in total. The van der Waals surface area contributed by atoms with Crippen molar-refractivity contribution in [3.05, 3.63) is 29.8 Å². The zero-order valence-corrected chi connectivity index (χ0v) is 18.3. The summed E-state index contributed by atoms with van der Waals surface area (Å²) < 4.78 is 25.8. The second-order valence-corrected chi connectivity index (χ2v) is 8.51. The van der Waals surface area contributed by atoms with Gasteiger partial charge in [0.1, 0.15) is 0 Å². The third-order valence-corrected chi connectivity index (χ3v) is 5.56. The smallest absolute Gasteiger partial charge is 0.337 e. The molecule has 0 saturated carbocycles. The highest BCUT2D eigenvalue weighted by molar-refractivity contribution is 7.89. The Labute approximate surface area is 185 Å². The summed E-state index contributed by atoms with van der Waals surface area (Å²) in [7, 11) is -3.39. The molecule has 0 spiro atoms. The SMILES string of the molecule is CCS(=O)(=O)NCCN(CCO)c1nc(NCCO)nc(Nc2ccccc2C(=O)O)n1. The van der Waals surface area contributed by atoms with Crippen LogP contribution in [0.1, 0.15) is 17.3 Å². The zero-order chi connectivity index (χ0) is 23.6. The number of aromatic nitrogens is 3. The monoisotopic (exact) mass is 469 g/mol. The minimum absolute atomic E-state index is 0.0144. The first-order chi connectivity index (χ1) is 15.3. The Morgan fingerprint density at radius 3 is 2.41 bits per heavy atom. The molecule has 0 atom stereocenters. The van der Waals surface area contributed by atoms with Gasteiger partial charge in [-0.25, -0.2) is 17.9 Å². The van der Waals surface area contributed by atoms with Crippen molar-refractivity contribution in [3.63, 3.8) is 0 Å². The molecule has 0 radical (unpaired) electrons. The van der Waals surface area contributed by atoms with E-state index >= 15 is 0 Å². The molecule has 0 amide bonds. The number of para-hydroxylation sites is 1. The van der Waals surface area contributed by atoms with Gasteiger partial charge in [-0.3, -0.25) is 0 Å². The normalized spacial score (nSPS) is 11.2. The van der Waals surface area contributed by atoms with Crippen molar-refractivity contribution in [1.29, 1.82) is 0 Å². The third-order valence-electron chi connectivity index (χ3n) is 4.16. The lowest BCUT2D eigenvalue weighted by atomic mass is 10.2. The second-order valence-electron chi connectivity index (χ2n) is 6.42. The third kappa shape index (κ3) is 7.56. The van der Waals surface area contributed by atoms with Gasteiger partial charge in [-0.05, 0) is 19.1 Å². The van der Waals surface area contributed by atoms with Gasteiger partial charge < -0.3 is 30.9 Å². The summed E-state index contributed by atoms with van der Waals surface area (Å²) in [6.07, 6.45) is 0. The summed E-state index contributed by atoms with van der Waals surface area (Å²) in [5.74, 6) is -0.935. The Kier molecular flexibility index (Phi) is 9.52. The van der Waals surface area contributed by atoms with Gasteiger partial charge in [-0.1, -0.05) is 12.1 Å². The topological polar surface area (TPSA) is 190 Å². The molecule has 176 valence electrons. The predicted octanol–water partition coefficient (Wildman–Crippen LogP) is -0.544. The number of aliphatic hydroxyl groups is 2. The van der Waals surface area contributed by atoms with Crippen LogP contribution in [-0.4, -0.2) is 89.8 Å². The molecule has 0 aliphatic rings. The molecule has 0 saturated heterocycles. The fourth-order valence-electron chi connectivity index (χ4n) is 2.58. The van der Waals surface area contributed by atoms with Crippen molar-refractivity contribution < 1.29 is 28.5 Å². The van der Waals surface area contributed by atoms with Gasteiger partial charge in [0, 0.05) is 26.2 Å². The Hall–Kier alpha value is -3.07. The van der Waals surface area contributed by atoms with Crippen molar-refractivity contribution >= 4 is 39.5 Å². The number of benzene rings is 1. The van der Waals surface area contributed by atoms with E-state index in [4.69, 9.17) is 5.11 Å². The minimum Gasteiger partial charge on any atom is -0.478 e. The summed E-state index contributed by atoms with van der Waals surface area (Å²) in [6, 6.07) is 6.22. The van der Waals surface area contributed by atoms with Gasteiger partial charge in [-0.15, -0.1) is 0 Å². The Morgan fingerprint density at radius 2 is 1.75 bits per heavy atom. The molecular weight excluding hydrogens is 442 g/mol. The van der Waals surface area contributed by atoms with E-state index in [9.17, 15) is 23.4 Å². The number of sulfonamides is 1. The van der Waals surface area contributed by atoms with Crippen molar-refractivity contribution in [2.45, 2.75) is 6.92 Å². The van der Waals surface area contributed by atoms with E-state index in [0.717, 1.165) is 0 Å². The number of carbonyl (C=O) groups is 1. The number of aromatic carboxylic acids is 1. The second kappa shape index (κ2) is 12.1. The number of anilines is 4. The van der Waals surface area contributed by atoms with Crippen molar-refractivity contribution in [3.8, 4) is 0 Å². The summed E-state index contributed by atoms with van der Waals surface area (Å²) >= 11 is 0. The highest BCUT2D eigenvalue weighted by atomic mass is 32.2. The van der Waals surface area contributed by atoms with E-state index < -0.39 is 16.0 Å². The summed E-state index contributed by atoms with van der Waals surface area (Å²) in [4.78, 5) is 25.8. The van der Waals surface area contributed by atoms with Crippen LogP contribution in [0.2, 0.25) is 0 Å². The molecule has 14 heteroatoms. The fourth-order valence-corrected chi connectivity index (χ4v) is 3.18. The van der Waals surface area contributed by atoms with Gasteiger partial charge in [0.05, 0.1) is 30.2 Å². The van der Waals surface area contributed by atoms with E-state index in [1.807, 2.05) is 0 Å². The highest BCUT2D eigenvalue weighted by Crippen LogP contribution is 2.21. The fraction of sp³-hybridized carbons (Fsp3) is 0.444. The lowest BCUT2D eigenvalue weighted by Gasteiger charge is -2.23. The molecular formula is C18H27N7O6S. The van der Waals surface area contributed by atoms with Crippen LogP contribution in [-0.2, 0) is 10.0 Å². The van der Waals surface area contributed by atoms with E-state index in [2.05, 4.69) is 30.3 Å². The maximum Gasteiger partial charge on any atom is 0.337 e. The average molecular weight is 470 g/mol.